The minimum absolute atomic E-state index is 0.0458. The first-order chi connectivity index (χ1) is 7.63. The van der Waals surface area contributed by atoms with Crippen molar-refractivity contribution < 1.29 is 4.79 Å². The quantitative estimate of drug-likeness (QED) is 0.834. The highest BCUT2D eigenvalue weighted by Gasteiger charge is 2.08. The molecule has 0 saturated carbocycles. The van der Waals surface area contributed by atoms with Gasteiger partial charge in [0.15, 0.2) is 0 Å². The number of urea groups is 1. The minimum Gasteiger partial charge on any atom is -0.338 e. The van der Waals surface area contributed by atoms with E-state index >= 15 is 0 Å². The maximum atomic E-state index is 11.4. The Balaban J connectivity index is 2.52. The third kappa shape index (κ3) is 4.11. The smallest absolute Gasteiger partial charge is 0.315 e. The van der Waals surface area contributed by atoms with Gasteiger partial charge in [0.05, 0.1) is 6.04 Å². The van der Waals surface area contributed by atoms with Crippen molar-refractivity contribution in [1.82, 2.24) is 10.6 Å². The molecule has 0 aliphatic carbocycles. The Bertz CT molecular complexity index is 355. The normalized spacial score (nSPS) is 11.9. The molecule has 0 fully saturated rings. The Labute approximate surface area is 101 Å². The Hall–Kier alpha value is -1.22. The van der Waals surface area contributed by atoms with Crippen molar-refractivity contribution in [3.8, 4) is 0 Å². The fourth-order valence-electron chi connectivity index (χ4n) is 1.35. The van der Waals surface area contributed by atoms with Crippen molar-refractivity contribution in [1.29, 1.82) is 0 Å². The number of amides is 2. The van der Waals surface area contributed by atoms with E-state index in [0.29, 0.717) is 11.6 Å². The van der Waals surface area contributed by atoms with Crippen LogP contribution in [-0.4, -0.2) is 12.6 Å². The first-order valence-electron chi connectivity index (χ1n) is 5.43. The zero-order valence-corrected chi connectivity index (χ0v) is 10.3. The lowest BCUT2D eigenvalue weighted by Gasteiger charge is -2.15. The van der Waals surface area contributed by atoms with E-state index in [9.17, 15) is 4.79 Å². The summed E-state index contributed by atoms with van der Waals surface area (Å²) >= 11 is 5.88. The molecule has 88 valence electrons. The highest BCUT2D eigenvalue weighted by atomic mass is 35.5. The summed E-state index contributed by atoms with van der Waals surface area (Å²) in [5, 5.41) is 6.29. The van der Waals surface area contributed by atoms with Crippen LogP contribution in [0.1, 0.15) is 31.9 Å². The van der Waals surface area contributed by atoms with Gasteiger partial charge in [0.25, 0.3) is 0 Å². The van der Waals surface area contributed by atoms with Crippen LogP contribution >= 0.6 is 11.6 Å². The van der Waals surface area contributed by atoms with Crippen molar-refractivity contribution in [3.63, 3.8) is 0 Å². The largest absolute Gasteiger partial charge is 0.338 e. The summed E-state index contributed by atoms with van der Waals surface area (Å²) in [5.74, 6) is 0. The van der Waals surface area contributed by atoms with Gasteiger partial charge in [0.2, 0.25) is 0 Å². The number of benzene rings is 1. The highest BCUT2D eigenvalue weighted by molar-refractivity contribution is 6.30. The zero-order valence-electron chi connectivity index (χ0n) is 9.59. The van der Waals surface area contributed by atoms with Gasteiger partial charge in [-0.1, -0.05) is 30.7 Å². The summed E-state index contributed by atoms with van der Waals surface area (Å²) in [7, 11) is 0. The van der Waals surface area contributed by atoms with E-state index in [1.165, 1.54) is 0 Å². The van der Waals surface area contributed by atoms with Crippen LogP contribution in [0, 0.1) is 0 Å². The van der Waals surface area contributed by atoms with Crippen LogP contribution in [0.2, 0.25) is 5.02 Å². The molecule has 2 amide bonds. The number of halogens is 1. The highest BCUT2D eigenvalue weighted by Crippen LogP contribution is 2.16. The second-order valence-electron chi connectivity index (χ2n) is 3.68. The molecule has 0 spiro atoms. The predicted octanol–water partition coefficient (Wildman–Crippen LogP) is 3.11. The van der Waals surface area contributed by atoms with Crippen LogP contribution in [0.5, 0.6) is 0 Å². The van der Waals surface area contributed by atoms with Gasteiger partial charge in [-0.05, 0) is 31.0 Å². The maximum absolute atomic E-state index is 11.4. The van der Waals surface area contributed by atoms with Crippen molar-refractivity contribution in [3.05, 3.63) is 34.9 Å². The Morgan fingerprint density at radius 1 is 1.50 bits per heavy atom. The molecular weight excluding hydrogens is 224 g/mol. The van der Waals surface area contributed by atoms with Crippen LogP contribution in [0.25, 0.3) is 0 Å². The molecule has 1 atom stereocenters. The third-order valence-corrected chi connectivity index (χ3v) is 2.47. The van der Waals surface area contributed by atoms with Gasteiger partial charge >= 0.3 is 6.03 Å². The number of rotatable bonds is 4. The molecule has 3 nitrogen and oxygen atoms in total. The second kappa shape index (κ2) is 6.38. The molecule has 0 saturated heterocycles. The SMILES string of the molecule is CCCNC(=O)NC(C)c1cccc(Cl)c1. The van der Waals surface area contributed by atoms with Crippen molar-refractivity contribution >= 4 is 17.6 Å². The van der Waals surface area contributed by atoms with Gasteiger partial charge in [0, 0.05) is 11.6 Å². The zero-order chi connectivity index (χ0) is 12.0. The monoisotopic (exact) mass is 240 g/mol. The summed E-state index contributed by atoms with van der Waals surface area (Å²) in [5.41, 5.74) is 0.999. The lowest BCUT2D eigenvalue weighted by atomic mass is 10.1. The number of hydrogen-bond acceptors (Lipinski definition) is 1. The van der Waals surface area contributed by atoms with E-state index in [1.54, 1.807) is 0 Å². The standard InChI is InChI=1S/C12H17ClN2O/c1-3-7-14-12(16)15-9(2)10-5-4-6-11(13)8-10/h4-6,8-9H,3,7H2,1-2H3,(H2,14,15,16). The third-order valence-electron chi connectivity index (χ3n) is 2.23. The molecule has 0 heterocycles. The van der Waals surface area contributed by atoms with Crippen molar-refractivity contribution in [2.75, 3.05) is 6.54 Å². The summed E-state index contributed by atoms with van der Waals surface area (Å²) in [6.07, 6.45) is 0.930. The molecule has 4 heteroatoms. The minimum atomic E-state index is -0.144. The van der Waals surface area contributed by atoms with E-state index in [-0.39, 0.29) is 12.1 Å². The average Bonchev–Trinajstić information content (AvgIpc) is 2.26. The lowest BCUT2D eigenvalue weighted by molar-refractivity contribution is 0.238. The Kier molecular flexibility index (Phi) is 5.12. The molecule has 1 aromatic rings. The second-order valence-corrected chi connectivity index (χ2v) is 4.11. The van der Waals surface area contributed by atoms with Gasteiger partial charge in [-0.25, -0.2) is 4.79 Å². The van der Waals surface area contributed by atoms with E-state index < -0.39 is 0 Å². The topological polar surface area (TPSA) is 41.1 Å². The maximum Gasteiger partial charge on any atom is 0.315 e. The summed E-state index contributed by atoms with van der Waals surface area (Å²) in [4.78, 5) is 11.4. The lowest BCUT2D eigenvalue weighted by Crippen LogP contribution is -2.37. The Morgan fingerprint density at radius 3 is 2.88 bits per heavy atom. The number of carbonyl (C=O) groups is 1. The van der Waals surface area contributed by atoms with E-state index in [1.807, 2.05) is 38.1 Å². The van der Waals surface area contributed by atoms with Crippen LogP contribution in [0.15, 0.2) is 24.3 Å². The van der Waals surface area contributed by atoms with Crippen LogP contribution in [0.3, 0.4) is 0 Å². The molecule has 16 heavy (non-hydrogen) atoms. The summed E-state index contributed by atoms with van der Waals surface area (Å²) in [6.45, 7) is 4.63. The van der Waals surface area contributed by atoms with E-state index in [0.717, 1.165) is 12.0 Å². The molecule has 0 aromatic heterocycles. The molecule has 1 unspecified atom stereocenters. The first-order valence-corrected chi connectivity index (χ1v) is 5.81. The van der Waals surface area contributed by atoms with Gasteiger partial charge < -0.3 is 10.6 Å². The van der Waals surface area contributed by atoms with E-state index in [2.05, 4.69) is 10.6 Å². The van der Waals surface area contributed by atoms with Crippen LogP contribution in [-0.2, 0) is 0 Å². The number of hydrogen-bond donors (Lipinski definition) is 2. The van der Waals surface area contributed by atoms with Gasteiger partial charge in [-0.3, -0.25) is 0 Å². The van der Waals surface area contributed by atoms with Gasteiger partial charge in [-0.15, -0.1) is 0 Å². The van der Waals surface area contributed by atoms with Gasteiger partial charge in [-0.2, -0.15) is 0 Å². The van der Waals surface area contributed by atoms with Crippen molar-refractivity contribution in [2.24, 2.45) is 0 Å². The molecule has 1 rings (SSSR count). The fourth-order valence-corrected chi connectivity index (χ4v) is 1.54. The number of carbonyl (C=O) groups excluding carboxylic acids is 1. The first kappa shape index (κ1) is 12.8. The number of nitrogens with one attached hydrogen (secondary N) is 2. The molecule has 0 radical (unpaired) electrons. The summed E-state index contributed by atoms with van der Waals surface area (Å²) in [6, 6.07) is 7.29. The van der Waals surface area contributed by atoms with Crippen molar-refractivity contribution in [2.45, 2.75) is 26.3 Å². The van der Waals surface area contributed by atoms with Gasteiger partial charge in [0.1, 0.15) is 0 Å². The molecule has 0 aliphatic heterocycles. The molecular formula is C12H17ClN2O. The van der Waals surface area contributed by atoms with E-state index in [4.69, 9.17) is 11.6 Å². The summed E-state index contributed by atoms with van der Waals surface area (Å²) < 4.78 is 0. The molecule has 2 N–H and O–H groups in total. The average molecular weight is 241 g/mol. The Morgan fingerprint density at radius 2 is 2.25 bits per heavy atom. The predicted molar refractivity (Wildman–Crippen MR) is 66.7 cm³/mol. The van der Waals surface area contributed by atoms with Crippen LogP contribution < -0.4 is 10.6 Å². The molecule has 0 bridgehead atoms. The molecule has 0 aliphatic rings. The molecule has 1 aromatic carbocycles. The van der Waals surface area contributed by atoms with Crippen LogP contribution in [0.4, 0.5) is 4.79 Å². The fraction of sp³-hybridized carbons (Fsp3) is 0.417.